The minimum atomic E-state index is -0.461. The monoisotopic (exact) mass is 545 g/mol. The lowest BCUT2D eigenvalue weighted by atomic mass is 10.1. The number of non-ortho nitro benzene ring substituents is 1. The molecule has 0 bridgehead atoms. The van der Waals surface area contributed by atoms with Gasteiger partial charge in [-0.15, -0.1) is 11.8 Å². The number of nitrogens with one attached hydrogen (secondary N) is 1. The fourth-order valence-electron chi connectivity index (χ4n) is 4.56. The number of nitrogens with zero attached hydrogens (tertiary/aromatic N) is 4. The zero-order valence-corrected chi connectivity index (χ0v) is 21.9. The van der Waals surface area contributed by atoms with Gasteiger partial charge >= 0.3 is 0 Å². The highest BCUT2D eigenvalue weighted by Gasteiger charge is 2.32. The second-order valence-electron chi connectivity index (χ2n) is 9.09. The average molecular weight is 546 g/mol. The van der Waals surface area contributed by atoms with Crippen molar-refractivity contribution in [1.82, 2.24) is 10.3 Å². The van der Waals surface area contributed by atoms with Gasteiger partial charge in [0.15, 0.2) is 0 Å². The molecule has 3 aromatic carbocycles. The third kappa shape index (κ3) is 6.27. The minimum Gasteiger partial charge on any atom is -0.378 e. The summed E-state index contributed by atoms with van der Waals surface area (Å²) in [5, 5.41) is 15.3. The molecule has 1 N–H and O–H groups in total. The van der Waals surface area contributed by atoms with Gasteiger partial charge in [0.05, 0.1) is 30.1 Å². The van der Waals surface area contributed by atoms with Gasteiger partial charge in [-0.2, -0.15) is 5.10 Å². The summed E-state index contributed by atoms with van der Waals surface area (Å²) in [6, 6.07) is 21.6. The molecule has 0 aromatic heterocycles. The zero-order chi connectivity index (χ0) is 27.2. The summed E-state index contributed by atoms with van der Waals surface area (Å²) in [7, 11) is 0. The van der Waals surface area contributed by atoms with Crippen LogP contribution in [0.15, 0.2) is 77.9 Å². The molecule has 1 atom stereocenters. The van der Waals surface area contributed by atoms with Gasteiger partial charge in [0, 0.05) is 48.6 Å². The van der Waals surface area contributed by atoms with E-state index < -0.39 is 10.8 Å². The van der Waals surface area contributed by atoms with Gasteiger partial charge < -0.3 is 14.5 Å². The number of nitro benzene ring substituents is 1. The van der Waals surface area contributed by atoms with Crippen LogP contribution in [-0.2, 0) is 16.1 Å². The molecule has 2 heterocycles. The van der Waals surface area contributed by atoms with E-state index in [1.54, 1.807) is 30.0 Å². The highest BCUT2D eigenvalue weighted by Crippen LogP contribution is 2.39. The first-order valence-electron chi connectivity index (χ1n) is 12.5. The Kier molecular flexibility index (Phi) is 8.18. The third-order valence-corrected chi connectivity index (χ3v) is 7.82. The van der Waals surface area contributed by atoms with E-state index in [9.17, 15) is 19.7 Å². The molecule has 11 heteroatoms. The highest BCUT2D eigenvalue weighted by molar-refractivity contribution is 8.00. The van der Waals surface area contributed by atoms with Crippen molar-refractivity contribution in [3.05, 3.63) is 105 Å². The summed E-state index contributed by atoms with van der Waals surface area (Å²) in [5.74, 6) is 0.0912. The normalized spacial score (nSPS) is 17.5. The van der Waals surface area contributed by atoms with Crippen LogP contribution in [0.5, 0.6) is 0 Å². The molecular weight excluding hydrogens is 518 g/mol. The van der Waals surface area contributed by atoms with E-state index in [0.717, 1.165) is 16.8 Å². The van der Waals surface area contributed by atoms with Crippen LogP contribution in [0.4, 0.5) is 11.4 Å². The fourth-order valence-corrected chi connectivity index (χ4v) is 5.74. The lowest BCUT2D eigenvalue weighted by Gasteiger charge is -2.29. The maximum atomic E-state index is 12.8. The van der Waals surface area contributed by atoms with Crippen LogP contribution in [0.1, 0.15) is 32.4 Å². The Morgan fingerprint density at radius 1 is 1.10 bits per heavy atom. The molecule has 2 fully saturated rings. The molecule has 5 rings (SSSR count). The average Bonchev–Trinajstić information content (AvgIpc) is 3.33. The van der Waals surface area contributed by atoms with Crippen LogP contribution < -0.4 is 10.3 Å². The molecule has 0 saturated carbocycles. The van der Waals surface area contributed by atoms with E-state index in [1.807, 2.05) is 47.4 Å². The number of anilines is 1. The number of carbonyl (C=O) groups is 2. The second kappa shape index (κ2) is 12.1. The standard InChI is InChI=1S/C28H27N5O5S/c34-26-19-39-28(32(26)18-20-4-2-1-3-5-20)22-8-6-21(7-9-22)27(35)30-29-17-23-16-24(33(36)37)10-11-25(23)31-12-14-38-15-13-31/h1-11,16-17,28H,12-15,18-19H2,(H,30,35)/b29-17-/t28-/m0/s1. The van der Waals surface area contributed by atoms with E-state index >= 15 is 0 Å². The Morgan fingerprint density at radius 3 is 2.56 bits per heavy atom. The number of rotatable bonds is 8. The van der Waals surface area contributed by atoms with Crippen LogP contribution in [0, 0.1) is 10.1 Å². The number of thioether (sulfide) groups is 1. The number of nitro groups is 1. The number of hydrogen-bond acceptors (Lipinski definition) is 8. The number of amides is 2. The van der Waals surface area contributed by atoms with E-state index in [4.69, 9.17) is 4.74 Å². The predicted molar refractivity (Wildman–Crippen MR) is 150 cm³/mol. The van der Waals surface area contributed by atoms with Gasteiger partial charge in [0.2, 0.25) is 5.91 Å². The van der Waals surface area contributed by atoms with Gasteiger partial charge in [-0.25, -0.2) is 5.43 Å². The summed E-state index contributed by atoms with van der Waals surface area (Å²) in [4.78, 5) is 40.0. The van der Waals surface area contributed by atoms with Crippen molar-refractivity contribution in [3.8, 4) is 0 Å². The Balaban J connectivity index is 1.26. The number of morpholine rings is 1. The summed E-state index contributed by atoms with van der Waals surface area (Å²) >= 11 is 1.57. The maximum Gasteiger partial charge on any atom is 0.271 e. The van der Waals surface area contributed by atoms with Crippen molar-refractivity contribution in [2.75, 3.05) is 37.0 Å². The van der Waals surface area contributed by atoms with Crippen LogP contribution in [0.3, 0.4) is 0 Å². The summed E-state index contributed by atoms with van der Waals surface area (Å²) in [6.07, 6.45) is 1.42. The van der Waals surface area contributed by atoms with Crippen LogP contribution >= 0.6 is 11.8 Å². The number of benzene rings is 3. The Bertz CT molecular complexity index is 1380. The van der Waals surface area contributed by atoms with Gasteiger partial charge in [-0.3, -0.25) is 19.7 Å². The largest absolute Gasteiger partial charge is 0.378 e. The quantitative estimate of drug-likeness (QED) is 0.259. The Morgan fingerprint density at radius 2 is 1.85 bits per heavy atom. The first-order valence-corrected chi connectivity index (χ1v) is 13.5. The molecular formula is C28H27N5O5S. The van der Waals surface area contributed by atoms with Crippen molar-refractivity contribution >= 4 is 41.2 Å². The lowest BCUT2D eigenvalue weighted by Crippen LogP contribution is -2.36. The van der Waals surface area contributed by atoms with Crippen molar-refractivity contribution in [3.63, 3.8) is 0 Å². The van der Waals surface area contributed by atoms with Crippen molar-refractivity contribution in [1.29, 1.82) is 0 Å². The zero-order valence-electron chi connectivity index (χ0n) is 21.1. The molecule has 10 nitrogen and oxygen atoms in total. The minimum absolute atomic E-state index is 0.0556. The molecule has 0 spiro atoms. The van der Waals surface area contributed by atoms with Crippen molar-refractivity contribution < 1.29 is 19.2 Å². The molecule has 0 aliphatic carbocycles. The summed E-state index contributed by atoms with van der Waals surface area (Å²) < 4.78 is 5.40. The Labute approximate surface area is 229 Å². The molecule has 2 aliphatic heterocycles. The molecule has 3 aromatic rings. The summed E-state index contributed by atoms with van der Waals surface area (Å²) in [5.41, 5.74) is 6.18. The lowest BCUT2D eigenvalue weighted by molar-refractivity contribution is -0.384. The number of carbonyl (C=O) groups excluding carboxylic acids is 2. The van der Waals surface area contributed by atoms with Gasteiger partial charge in [0.1, 0.15) is 5.37 Å². The molecule has 0 radical (unpaired) electrons. The van der Waals surface area contributed by atoms with Gasteiger partial charge in [-0.1, -0.05) is 42.5 Å². The van der Waals surface area contributed by atoms with Crippen LogP contribution in [0.25, 0.3) is 0 Å². The summed E-state index contributed by atoms with van der Waals surface area (Å²) in [6.45, 7) is 2.98. The number of hydrazone groups is 1. The second-order valence-corrected chi connectivity index (χ2v) is 10.2. The molecule has 2 saturated heterocycles. The first kappa shape index (κ1) is 26.4. The third-order valence-electron chi connectivity index (χ3n) is 6.57. The van der Waals surface area contributed by atoms with Crippen LogP contribution in [-0.4, -0.2) is 59.9 Å². The molecule has 2 amide bonds. The molecule has 200 valence electrons. The highest BCUT2D eigenvalue weighted by atomic mass is 32.2. The smallest absolute Gasteiger partial charge is 0.271 e. The van der Waals surface area contributed by atoms with Gasteiger partial charge in [0.25, 0.3) is 11.6 Å². The first-order chi connectivity index (χ1) is 19.0. The van der Waals surface area contributed by atoms with E-state index in [-0.39, 0.29) is 17.0 Å². The molecule has 0 unspecified atom stereocenters. The van der Waals surface area contributed by atoms with E-state index in [1.165, 1.54) is 18.3 Å². The molecule has 2 aliphatic rings. The van der Waals surface area contributed by atoms with E-state index in [2.05, 4.69) is 15.4 Å². The number of hydrogen-bond donors (Lipinski definition) is 1. The maximum absolute atomic E-state index is 12.8. The fraction of sp³-hybridized carbons (Fsp3) is 0.250. The molecule has 39 heavy (non-hydrogen) atoms. The van der Waals surface area contributed by atoms with Crippen molar-refractivity contribution in [2.45, 2.75) is 11.9 Å². The van der Waals surface area contributed by atoms with Crippen LogP contribution in [0.2, 0.25) is 0 Å². The predicted octanol–water partition coefficient (Wildman–Crippen LogP) is 3.97. The topological polar surface area (TPSA) is 117 Å². The van der Waals surface area contributed by atoms with Crippen molar-refractivity contribution in [2.24, 2.45) is 5.10 Å². The Hall–Kier alpha value is -4.22. The van der Waals surface area contributed by atoms with Gasteiger partial charge in [-0.05, 0) is 29.3 Å². The van der Waals surface area contributed by atoms with E-state index in [0.29, 0.717) is 49.7 Å². The number of ether oxygens (including phenoxy) is 1. The SMILES string of the molecule is O=C(N/N=C\c1cc([N+](=O)[O-])ccc1N1CCOCC1)c1ccc([C@@H]2SCC(=O)N2Cc2ccccc2)cc1.